The zero-order chi connectivity index (χ0) is 13.0. The molecule has 100 valence electrons. The summed E-state index contributed by atoms with van der Waals surface area (Å²) in [6.45, 7) is 4.71. The average molecular weight is 250 g/mol. The fraction of sp³-hybridized carbons (Fsp3) is 0.571. The number of nitrogen functional groups attached to an aromatic ring is 1. The molecule has 0 unspecified atom stereocenters. The van der Waals surface area contributed by atoms with Crippen LogP contribution in [0.4, 0.5) is 5.69 Å². The van der Waals surface area contributed by atoms with E-state index in [1.165, 1.54) is 0 Å². The summed E-state index contributed by atoms with van der Waals surface area (Å²) in [4.78, 5) is 0. The third-order valence-corrected chi connectivity index (χ3v) is 3.61. The fourth-order valence-corrected chi connectivity index (χ4v) is 2.21. The minimum atomic E-state index is 0.157. The number of hydrogen-bond acceptors (Lipinski definition) is 4. The van der Waals surface area contributed by atoms with Crippen molar-refractivity contribution < 1.29 is 9.47 Å². The first kappa shape index (κ1) is 13.2. The maximum Gasteiger partial charge on any atom is 0.125 e. The van der Waals surface area contributed by atoms with Crippen LogP contribution in [-0.2, 0) is 11.3 Å². The number of nitrogens with one attached hydrogen (secondary N) is 1. The van der Waals surface area contributed by atoms with E-state index in [0.717, 1.165) is 49.6 Å². The molecular formula is C14H22N2O2. The van der Waals surface area contributed by atoms with E-state index in [-0.39, 0.29) is 5.54 Å². The summed E-state index contributed by atoms with van der Waals surface area (Å²) < 4.78 is 10.8. The second kappa shape index (κ2) is 5.59. The van der Waals surface area contributed by atoms with Crippen LogP contribution in [0.2, 0.25) is 0 Å². The summed E-state index contributed by atoms with van der Waals surface area (Å²) in [5.41, 5.74) is 7.78. The van der Waals surface area contributed by atoms with Crippen molar-refractivity contribution in [3.63, 3.8) is 0 Å². The molecular weight excluding hydrogens is 228 g/mol. The molecule has 0 aliphatic carbocycles. The highest BCUT2D eigenvalue weighted by Gasteiger charge is 2.26. The van der Waals surface area contributed by atoms with E-state index in [1.54, 1.807) is 7.11 Å². The zero-order valence-corrected chi connectivity index (χ0v) is 11.2. The molecule has 0 bridgehead atoms. The van der Waals surface area contributed by atoms with Gasteiger partial charge in [-0.05, 0) is 25.8 Å². The van der Waals surface area contributed by atoms with Gasteiger partial charge < -0.3 is 20.5 Å². The van der Waals surface area contributed by atoms with Gasteiger partial charge in [0, 0.05) is 42.6 Å². The number of benzene rings is 1. The fourth-order valence-electron chi connectivity index (χ4n) is 2.21. The monoisotopic (exact) mass is 250 g/mol. The Morgan fingerprint density at radius 1 is 1.39 bits per heavy atom. The van der Waals surface area contributed by atoms with Gasteiger partial charge in [-0.15, -0.1) is 0 Å². The molecule has 1 heterocycles. The third-order valence-electron chi connectivity index (χ3n) is 3.61. The zero-order valence-electron chi connectivity index (χ0n) is 11.2. The molecule has 0 atom stereocenters. The second-order valence-electron chi connectivity index (χ2n) is 5.10. The van der Waals surface area contributed by atoms with Crippen LogP contribution in [0.1, 0.15) is 25.3 Å². The van der Waals surface area contributed by atoms with E-state index < -0.39 is 0 Å². The van der Waals surface area contributed by atoms with Gasteiger partial charge in [0.05, 0.1) is 7.11 Å². The number of methoxy groups -OCH3 is 1. The highest BCUT2D eigenvalue weighted by Crippen LogP contribution is 2.24. The lowest BCUT2D eigenvalue weighted by Crippen LogP contribution is -2.46. The quantitative estimate of drug-likeness (QED) is 0.802. The van der Waals surface area contributed by atoms with Gasteiger partial charge in [-0.1, -0.05) is 6.07 Å². The third kappa shape index (κ3) is 3.15. The molecule has 1 aliphatic heterocycles. The van der Waals surface area contributed by atoms with E-state index in [2.05, 4.69) is 12.2 Å². The molecule has 3 N–H and O–H groups in total. The molecule has 4 heteroatoms. The second-order valence-corrected chi connectivity index (χ2v) is 5.10. The van der Waals surface area contributed by atoms with E-state index in [4.69, 9.17) is 15.2 Å². The van der Waals surface area contributed by atoms with Crippen LogP contribution < -0.4 is 15.8 Å². The van der Waals surface area contributed by atoms with E-state index in [1.807, 2.05) is 18.2 Å². The number of nitrogens with two attached hydrogens (primary N) is 1. The van der Waals surface area contributed by atoms with Crippen molar-refractivity contribution in [2.24, 2.45) is 0 Å². The van der Waals surface area contributed by atoms with Crippen molar-refractivity contribution in [2.75, 3.05) is 26.1 Å². The Morgan fingerprint density at radius 2 is 2.11 bits per heavy atom. The van der Waals surface area contributed by atoms with E-state index in [9.17, 15) is 0 Å². The molecule has 1 aromatic rings. The highest BCUT2D eigenvalue weighted by molar-refractivity contribution is 5.48. The molecule has 1 aromatic carbocycles. The number of ether oxygens (including phenoxy) is 2. The van der Waals surface area contributed by atoms with Crippen LogP contribution in [0.3, 0.4) is 0 Å². The Balaban J connectivity index is 2.01. The Labute approximate surface area is 108 Å². The first-order chi connectivity index (χ1) is 8.63. The van der Waals surface area contributed by atoms with Crippen LogP contribution >= 0.6 is 0 Å². The number of hydrogen-bond donors (Lipinski definition) is 2. The summed E-state index contributed by atoms with van der Waals surface area (Å²) >= 11 is 0. The number of anilines is 1. The van der Waals surface area contributed by atoms with Gasteiger partial charge in [-0.25, -0.2) is 0 Å². The molecule has 0 aromatic heterocycles. The van der Waals surface area contributed by atoms with Crippen molar-refractivity contribution in [3.05, 3.63) is 23.8 Å². The Bertz CT molecular complexity index is 401. The largest absolute Gasteiger partial charge is 0.496 e. The lowest BCUT2D eigenvalue weighted by Gasteiger charge is -2.34. The summed E-state index contributed by atoms with van der Waals surface area (Å²) in [5.74, 6) is 0.846. The summed E-state index contributed by atoms with van der Waals surface area (Å²) in [7, 11) is 1.68. The maximum atomic E-state index is 5.75. The van der Waals surface area contributed by atoms with Gasteiger partial charge in [0.15, 0.2) is 0 Å². The van der Waals surface area contributed by atoms with E-state index in [0.29, 0.717) is 0 Å². The average Bonchev–Trinajstić information content (AvgIpc) is 2.38. The Hall–Kier alpha value is -1.26. The first-order valence-electron chi connectivity index (χ1n) is 6.38. The van der Waals surface area contributed by atoms with Gasteiger partial charge in [0.25, 0.3) is 0 Å². The van der Waals surface area contributed by atoms with Gasteiger partial charge >= 0.3 is 0 Å². The molecule has 0 spiro atoms. The Kier molecular flexibility index (Phi) is 4.09. The predicted octanol–water partition coefficient (Wildman–Crippen LogP) is 1.94. The molecule has 2 rings (SSSR count). The minimum Gasteiger partial charge on any atom is -0.496 e. The van der Waals surface area contributed by atoms with E-state index >= 15 is 0 Å². The van der Waals surface area contributed by atoms with Gasteiger partial charge in [-0.2, -0.15) is 0 Å². The van der Waals surface area contributed by atoms with Crippen LogP contribution in [0.5, 0.6) is 5.75 Å². The summed E-state index contributed by atoms with van der Waals surface area (Å²) in [6.07, 6.45) is 2.09. The van der Waals surface area contributed by atoms with Crippen LogP contribution in [0, 0.1) is 0 Å². The molecule has 18 heavy (non-hydrogen) atoms. The van der Waals surface area contributed by atoms with Crippen molar-refractivity contribution >= 4 is 5.69 Å². The SMILES string of the molecule is COc1cc(N)ccc1CNC1(C)CCOCC1. The van der Waals surface area contributed by atoms with Crippen molar-refractivity contribution in [3.8, 4) is 5.75 Å². The standard InChI is InChI=1S/C14H22N2O2/c1-14(5-7-18-8-6-14)16-10-11-3-4-12(15)9-13(11)17-2/h3-4,9,16H,5-8,10,15H2,1-2H3. The van der Waals surface area contributed by atoms with Crippen molar-refractivity contribution in [1.29, 1.82) is 0 Å². The molecule has 0 radical (unpaired) electrons. The van der Waals surface area contributed by atoms with Crippen LogP contribution in [-0.4, -0.2) is 25.9 Å². The number of rotatable bonds is 4. The first-order valence-corrected chi connectivity index (χ1v) is 6.38. The van der Waals surface area contributed by atoms with Crippen LogP contribution in [0.15, 0.2) is 18.2 Å². The molecule has 0 amide bonds. The smallest absolute Gasteiger partial charge is 0.125 e. The van der Waals surface area contributed by atoms with Crippen molar-refractivity contribution in [2.45, 2.75) is 31.8 Å². The summed E-state index contributed by atoms with van der Waals surface area (Å²) in [5, 5.41) is 3.61. The Morgan fingerprint density at radius 3 is 2.78 bits per heavy atom. The molecule has 1 aliphatic rings. The molecule has 1 saturated heterocycles. The lowest BCUT2D eigenvalue weighted by molar-refractivity contribution is 0.0445. The van der Waals surface area contributed by atoms with Gasteiger partial charge in [-0.3, -0.25) is 0 Å². The topological polar surface area (TPSA) is 56.5 Å². The molecule has 0 saturated carbocycles. The molecule has 4 nitrogen and oxygen atoms in total. The maximum absolute atomic E-state index is 5.75. The minimum absolute atomic E-state index is 0.157. The van der Waals surface area contributed by atoms with Gasteiger partial charge in [0.2, 0.25) is 0 Å². The highest BCUT2D eigenvalue weighted by atomic mass is 16.5. The van der Waals surface area contributed by atoms with Gasteiger partial charge in [0.1, 0.15) is 5.75 Å². The lowest BCUT2D eigenvalue weighted by atomic mass is 9.92. The normalized spacial score (nSPS) is 18.6. The molecule has 1 fully saturated rings. The predicted molar refractivity (Wildman–Crippen MR) is 72.7 cm³/mol. The van der Waals surface area contributed by atoms with Crippen molar-refractivity contribution in [1.82, 2.24) is 5.32 Å². The van der Waals surface area contributed by atoms with Crippen LogP contribution in [0.25, 0.3) is 0 Å². The summed E-state index contributed by atoms with van der Waals surface area (Å²) in [6, 6.07) is 5.79.